The molecular weight excluding hydrogens is 572 g/mol. The number of rotatable bonds is 11. The Labute approximate surface area is 235 Å². The summed E-state index contributed by atoms with van der Waals surface area (Å²) in [5.41, 5.74) is -1.97. The van der Waals surface area contributed by atoms with E-state index in [0.29, 0.717) is 17.9 Å². The smallest absolute Gasteiger partial charge is 0.416 e. The van der Waals surface area contributed by atoms with Crippen LogP contribution in [0.25, 0.3) is 6.08 Å². The average molecular weight is 596 g/mol. The molecule has 0 radical (unpaired) electrons. The molecule has 2 N–H and O–H groups in total. The number of carbonyl (C=O) groups excluding carboxylic acids is 2. The van der Waals surface area contributed by atoms with Gasteiger partial charge < -0.3 is 10.4 Å². The molecule has 1 amide bonds. The number of thioether (sulfide) groups is 1. The van der Waals surface area contributed by atoms with Crippen molar-refractivity contribution in [3.63, 3.8) is 0 Å². The van der Waals surface area contributed by atoms with E-state index in [1.807, 2.05) is 30.3 Å². The summed E-state index contributed by atoms with van der Waals surface area (Å²) in [5.74, 6) is -3.86. The lowest BCUT2D eigenvalue weighted by atomic mass is 10.0. The van der Waals surface area contributed by atoms with Crippen molar-refractivity contribution in [1.82, 2.24) is 5.32 Å². The van der Waals surface area contributed by atoms with E-state index < -0.39 is 59.2 Å². The SMILES string of the molecule is O=C(C[C@@H](CSCc1ccccc1)C(=O)O)/C(=C\c1cccc(C(F)(F)F)c1)NC(=O)c1ccc(C(F)(F)F)cc1. The van der Waals surface area contributed by atoms with E-state index in [9.17, 15) is 45.8 Å². The van der Waals surface area contributed by atoms with Gasteiger partial charge in [0.2, 0.25) is 0 Å². The van der Waals surface area contributed by atoms with Gasteiger partial charge in [0, 0.05) is 23.5 Å². The summed E-state index contributed by atoms with van der Waals surface area (Å²) in [6.07, 6.45) is -8.96. The number of Topliss-reactive ketones (excluding diaryl/α,β-unsaturated/α-hetero) is 1. The highest BCUT2D eigenvalue weighted by molar-refractivity contribution is 7.98. The zero-order valence-electron chi connectivity index (χ0n) is 21.1. The van der Waals surface area contributed by atoms with E-state index in [1.54, 1.807) is 0 Å². The minimum atomic E-state index is -4.69. The molecule has 0 saturated carbocycles. The summed E-state index contributed by atoms with van der Waals surface area (Å²) < 4.78 is 78.3. The predicted molar refractivity (Wildman–Crippen MR) is 142 cm³/mol. The van der Waals surface area contributed by atoms with Crippen LogP contribution in [0.5, 0.6) is 0 Å². The number of carboxylic acids is 1. The van der Waals surface area contributed by atoms with Gasteiger partial charge in [-0.15, -0.1) is 0 Å². The summed E-state index contributed by atoms with van der Waals surface area (Å²) >= 11 is 1.26. The number of ketones is 1. The van der Waals surface area contributed by atoms with Crippen molar-refractivity contribution < 1.29 is 45.8 Å². The molecule has 0 unspecified atom stereocenters. The summed E-state index contributed by atoms with van der Waals surface area (Å²) in [4.78, 5) is 37.9. The molecule has 3 aromatic rings. The average Bonchev–Trinajstić information content (AvgIpc) is 2.91. The van der Waals surface area contributed by atoms with Gasteiger partial charge in [0.15, 0.2) is 5.78 Å². The van der Waals surface area contributed by atoms with Crippen LogP contribution in [0.15, 0.2) is 84.6 Å². The molecule has 0 spiro atoms. The molecule has 0 aliphatic heterocycles. The Morgan fingerprint density at radius 3 is 2.05 bits per heavy atom. The maximum atomic E-state index is 13.2. The van der Waals surface area contributed by atoms with Gasteiger partial charge in [0.25, 0.3) is 5.91 Å². The molecular formula is C29H23F6NO4S. The molecule has 0 aliphatic carbocycles. The zero-order valence-corrected chi connectivity index (χ0v) is 21.9. The first-order valence-corrected chi connectivity index (χ1v) is 13.1. The highest BCUT2D eigenvalue weighted by atomic mass is 32.2. The third kappa shape index (κ3) is 9.52. The Balaban J connectivity index is 1.85. The van der Waals surface area contributed by atoms with E-state index in [4.69, 9.17) is 0 Å². The molecule has 216 valence electrons. The van der Waals surface area contributed by atoms with Crippen molar-refractivity contribution in [2.45, 2.75) is 24.5 Å². The van der Waals surface area contributed by atoms with Crippen molar-refractivity contribution in [2.24, 2.45) is 5.92 Å². The minimum absolute atomic E-state index is 0.0274. The second kappa shape index (κ2) is 13.5. The Morgan fingerprint density at radius 1 is 0.829 bits per heavy atom. The van der Waals surface area contributed by atoms with E-state index in [-0.39, 0.29) is 16.9 Å². The number of alkyl halides is 6. The number of hydrogen-bond acceptors (Lipinski definition) is 4. The summed E-state index contributed by atoms with van der Waals surface area (Å²) in [7, 11) is 0. The number of hydrogen-bond donors (Lipinski definition) is 2. The van der Waals surface area contributed by atoms with Crippen LogP contribution in [-0.2, 0) is 27.7 Å². The lowest BCUT2D eigenvalue weighted by molar-refractivity contribution is -0.142. The largest absolute Gasteiger partial charge is 0.481 e. The molecule has 0 aliphatic rings. The predicted octanol–water partition coefficient (Wildman–Crippen LogP) is 7.09. The van der Waals surface area contributed by atoms with Crippen LogP contribution < -0.4 is 5.32 Å². The van der Waals surface area contributed by atoms with E-state index in [1.165, 1.54) is 17.8 Å². The first-order valence-electron chi connectivity index (χ1n) is 12.0. The number of carbonyl (C=O) groups is 3. The number of allylic oxidation sites excluding steroid dienone is 1. The molecule has 3 aromatic carbocycles. The Bertz CT molecular complexity index is 1400. The first-order chi connectivity index (χ1) is 19.2. The fourth-order valence-electron chi connectivity index (χ4n) is 3.61. The molecule has 3 rings (SSSR count). The van der Waals surface area contributed by atoms with Crippen molar-refractivity contribution in [1.29, 1.82) is 0 Å². The lowest BCUT2D eigenvalue weighted by Gasteiger charge is -2.15. The Kier molecular flexibility index (Phi) is 10.4. The lowest BCUT2D eigenvalue weighted by Crippen LogP contribution is -2.30. The van der Waals surface area contributed by atoms with Gasteiger partial charge >= 0.3 is 18.3 Å². The molecule has 41 heavy (non-hydrogen) atoms. The van der Waals surface area contributed by atoms with Gasteiger partial charge in [-0.1, -0.05) is 42.5 Å². The number of carboxylic acid groups (broad SMARTS) is 1. The molecule has 0 fully saturated rings. The van der Waals surface area contributed by atoms with E-state index in [0.717, 1.165) is 42.0 Å². The van der Waals surface area contributed by atoms with Crippen LogP contribution >= 0.6 is 11.8 Å². The number of benzene rings is 3. The molecule has 0 aromatic heterocycles. The third-order valence-electron chi connectivity index (χ3n) is 5.76. The molecule has 12 heteroatoms. The van der Waals surface area contributed by atoms with Gasteiger partial charge in [-0.3, -0.25) is 14.4 Å². The van der Waals surface area contributed by atoms with Crippen LogP contribution in [0, 0.1) is 5.92 Å². The standard InChI is InChI=1S/C29H23F6NO4S/c30-28(31,32)22-11-9-20(10-12-22)26(38)36-24(14-19-7-4-8-23(13-19)29(33,34)35)25(37)15-21(27(39)40)17-41-16-18-5-2-1-3-6-18/h1-14,21H,15-17H2,(H,36,38)(H,39,40)/b24-14+/t21-/m0/s1. The monoisotopic (exact) mass is 595 g/mol. The van der Waals surface area contributed by atoms with Crippen molar-refractivity contribution >= 4 is 35.5 Å². The van der Waals surface area contributed by atoms with Crippen molar-refractivity contribution in [3.8, 4) is 0 Å². The van der Waals surface area contributed by atoms with Gasteiger partial charge in [-0.2, -0.15) is 38.1 Å². The van der Waals surface area contributed by atoms with Gasteiger partial charge in [0.1, 0.15) is 0 Å². The van der Waals surface area contributed by atoms with Crippen LogP contribution in [0.1, 0.15) is 39.0 Å². The molecule has 5 nitrogen and oxygen atoms in total. The third-order valence-corrected chi connectivity index (χ3v) is 6.94. The molecule has 0 saturated heterocycles. The highest BCUT2D eigenvalue weighted by Gasteiger charge is 2.31. The van der Waals surface area contributed by atoms with Gasteiger partial charge in [-0.05, 0) is 53.6 Å². The highest BCUT2D eigenvalue weighted by Crippen LogP contribution is 2.31. The molecule has 1 atom stereocenters. The van der Waals surface area contributed by atoms with Crippen LogP contribution in [0.3, 0.4) is 0 Å². The number of amides is 1. The maximum absolute atomic E-state index is 13.2. The molecule has 0 heterocycles. The molecule has 0 bridgehead atoms. The van der Waals surface area contributed by atoms with Gasteiger partial charge in [-0.25, -0.2) is 0 Å². The fraction of sp³-hybridized carbons (Fsp3) is 0.207. The van der Waals surface area contributed by atoms with Crippen molar-refractivity contribution in [3.05, 3.63) is 112 Å². The Hall–Kier alpha value is -4.06. The summed E-state index contributed by atoms with van der Waals surface area (Å²) in [5, 5.41) is 11.9. The second-order valence-electron chi connectivity index (χ2n) is 8.87. The fourth-order valence-corrected chi connectivity index (χ4v) is 4.70. The van der Waals surface area contributed by atoms with Crippen LogP contribution in [0.2, 0.25) is 0 Å². The van der Waals surface area contributed by atoms with Gasteiger partial charge in [0.05, 0.1) is 22.7 Å². The Morgan fingerprint density at radius 2 is 1.46 bits per heavy atom. The maximum Gasteiger partial charge on any atom is 0.416 e. The van der Waals surface area contributed by atoms with Crippen LogP contribution in [0.4, 0.5) is 26.3 Å². The second-order valence-corrected chi connectivity index (χ2v) is 9.90. The quantitative estimate of drug-likeness (QED) is 0.183. The number of nitrogens with one attached hydrogen (secondary N) is 1. The first kappa shape index (κ1) is 31.5. The summed E-state index contributed by atoms with van der Waals surface area (Å²) in [6, 6.07) is 16.1. The van der Waals surface area contributed by atoms with Crippen LogP contribution in [-0.4, -0.2) is 28.5 Å². The summed E-state index contributed by atoms with van der Waals surface area (Å²) in [6.45, 7) is 0. The van der Waals surface area contributed by atoms with Crippen molar-refractivity contribution in [2.75, 3.05) is 5.75 Å². The number of aliphatic carboxylic acids is 1. The zero-order chi connectivity index (χ0) is 30.2. The van der Waals surface area contributed by atoms with E-state index >= 15 is 0 Å². The van der Waals surface area contributed by atoms with E-state index in [2.05, 4.69) is 5.32 Å². The normalized spacial score (nSPS) is 13.0. The minimum Gasteiger partial charge on any atom is -0.481 e. The number of halogens is 6. The topological polar surface area (TPSA) is 83.5 Å².